The van der Waals surface area contributed by atoms with Gasteiger partial charge in [0.15, 0.2) is 0 Å². The van der Waals surface area contributed by atoms with E-state index in [2.05, 4.69) is 13.0 Å². The predicted octanol–water partition coefficient (Wildman–Crippen LogP) is 2.50. The highest BCUT2D eigenvalue weighted by molar-refractivity contribution is 4.85. The van der Waals surface area contributed by atoms with E-state index < -0.39 is 0 Å². The van der Waals surface area contributed by atoms with Crippen molar-refractivity contribution in [2.24, 2.45) is 0 Å². The van der Waals surface area contributed by atoms with Crippen molar-refractivity contribution < 1.29 is 5.11 Å². The average molecular weight is 142 g/mol. The Hall–Kier alpha value is -0.300. The molecule has 0 aliphatic carbocycles. The van der Waals surface area contributed by atoms with E-state index in [-0.39, 0.29) is 6.10 Å². The maximum atomic E-state index is 8.82. The summed E-state index contributed by atoms with van der Waals surface area (Å²) < 4.78 is 0. The molecule has 10 heavy (non-hydrogen) atoms. The van der Waals surface area contributed by atoms with Gasteiger partial charge in [0.2, 0.25) is 0 Å². The highest BCUT2D eigenvalue weighted by Crippen LogP contribution is 1.99. The van der Waals surface area contributed by atoms with Crippen LogP contribution in [0.3, 0.4) is 0 Å². The van der Waals surface area contributed by atoms with Crippen LogP contribution in [0.15, 0.2) is 12.2 Å². The lowest BCUT2D eigenvalue weighted by Gasteiger charge is -1.93. The maximum Gasteiger partial charge on any atom is 0.0692 e. The van der Waals surface area contributed by atoms with Crippen LogP contribution < -0.4 is 0 Å². The minimum Gasteiger partial charge on any atom is -0.389 e. The van der Waals surface area contributed by atoms with E-state index in [1.165, 1.54) is 19.3 Å². The van der Waals surface area contributed by atoms with Crippen molar-refractivity contribution in [2.75, 3.05) is 0 Å². The summed E-state index contributed by atoms with van der Waals surface area (Å²) in [5.74, 6) is 0. The van der Waals surface area contributed by atoms with Crippen LogP contribution in [0, 0.1) is 0 Å². The number of aliphatic hydroxyl groups is 1. The molecule has 0 heterocycles. The lowest BCUT2D eigenvalue weighted by Crippen LogP contribution is -1.91. The molecule has 0 saturated heterocycles. The zero-order valence-electron chi connectivity index (χ0n) is 7.01. The lowest BCUT2D eigenvalue weighted by molar-refractivity contribution is 0.244. The van der Waals surface area contributed by atoms with E-state index in [1.807, 2.05) is 6.08 Å². The number of unbranched alkanes of at least 4 members (excludes halogenated alkanes) is 3. The predicted molar refractivity (Wildman–Crippen MR) is 45.0 cm³/mol. The third-order valence-corrected chi connectivity index (χ3v) is 1.39. The molecule has 0 fully saturated rings. The molecule has 0 aromatic heterocycles. The normalized spacial score (nSPS) is 14.3. The van der Waals surface area contributed by atoms with Crippen LogP contribution in [0.1, 0.15) is 39.5 Å². The van der Waals surface area contributed by atoms with Crippen molar-refractivity contribution in [2.45, 2.75) is 45.6 Å². The lowest BCUT2D eigenvalue weighted by atomic mass is 10.2. The number of rotatable bonds is 5. The Morgan fingerprint density at radius 2 is 2.10 bits per heavy atom. The van der Waals surface area contributed by atoms with Crippen molar-refractivity contribution in [3.63, 3.8) is 0 Å². The van der Waals surface area contributed by atoms with E-state index in [0.29, 0.717) is 0 Å². The van der Waals surface area contributed by atoms with Crippen LogP contribution in [0.25, 0.3) is 0 Å². The summed E-state index contributed by atoms with van der Waals surface area (Å²) in [6.45, 7) is 3.97. The first-order valence-corrected chi connectivity index (χ1v) is 4.12. The van der Waals surface area contributed by atoms with Crippen LogP contribution >= 0.6 is 0 Å². The van der Waals surface area contributed by atoms with Gasteiger partial charge in [-0.05, 0) is 19.8 Å². The average Bonchev–Trinajstić information content (AvgIpc) is 1.87. The Balaban J connectivity index is 3.02. The largest absolute Gasteiger partial charge is 0.389 e. The molecule has 0 unspecified atom stereocenters. The summed E-state index contributed by atoms with van der Waals surface area (Å²) in [5, 5.41) is 8.82. The number of hydrogen-bond acceptors (Lipinski definition) is 1. The molecule has 0 aromatic rings. The van der Waals surface area contributed by atoms with Gasteiger partial charge in [0.1, 0.15) is 0 Å². The van der Waals surface area contributed by atoms with Gasteiger partial charge in [0, 0.05) is 0 Å². The zero-order chi connectivity index (χ0) is 7.82. The second kappa shape index (κ2) is 6.81. The summed E-state index contributed by atoms with van der Waals surface area (Å²) in [7, 11) is 0. The van der Waals surface area contributed by atoms with E-state index in [9.17, 15) is 0 Å². The Labute approximate surface area is 63.8 Å². The highest BCUT2D eigenvalue weighted by Gasteiger charge is 1.84. The van der Waals surface area contributed by atoms with Crippen molar-refractivity contribution in [3.05, 3.63) is 12.2 Å². The summed E-state index contributed by atoms with van der Waals surface area (Å²) in [5.41, 5.74) is 0. The number of hydrogen-bond donors (Lipinski definition) is 1. The molecule has 1 nitrogen and oxygen atoms in total. The fourth-order valence-corrected chi connectivity index (χ4v) is 0.805. The van der Waals surface area contributed by atoms with Gasteiger partial charge in [-0.1, -0.05) is 31.9 Å². The van der Waals surface area contributed by atoms with Crippen LogP contribution in [0.2, 0.25) is 0 Å². The van der Waals surface area contributed by atoms with E-state index in [0.717, 1.165) is 6.42 Å². The fourth-order valence-electron chi connectivity index (χ4n) is 0.805. The van der Waals surface area contributed by atoms with Crippen molar-refractivity contribution in [1.82, 2.24) is 0 Å². The SMILES string of the molecule is CCCCCC=C[C@@H](C)O. The minimum atomic E-state index is -0.276. The van der Waals surface area contributed by atoms with Gasteiger partial charge in [-0.2, -0.15) is 0 Å². The molecule has 60 valence electrons. The summed E-state index contributed by atoms with van der Waals surface area (Å²) in [4.78, 5) is 0. The highest BCUT2D eigenvalue weighted by atomic mass is 16.3. The van der Waals surface area contributed by atoms with Gasteiger partial charge in [0.25, 0.3) is 0 Å². The van der Waals surface area contributed by atoms with Crippen LogP contribution in [0.5, 0.6) is 0 Å². The van der Waals surface area contributed by atoms with E-state index in [1.54, 1.807) is 6.92 Å². The van der Waals surface area contributed by atoms with Crippen molar-refractivity contribution in [1.29, 1.82) is 0 Å². The van der Waals surface area contributed by atoms with Gasteiger partial charge in [-0.3, -0.25) is 0 Å². The van der Waals surface area contributed by atoms with Crippen LogP contribution in [0.4, 0.5) is 0 Å². The molecule has 0 aliphatic heterocycles. The molecule has 0 rings (SSSR count). The first-order chi connectivity index (χ1) is 4.77. The second-order valence-electron chi connectivity index (χ2n) is 2.66. The van der Waals surface area contributed by atoms with E-state index >= 15 is 0 Å². The Bertz CT molecular complexity index is 84.7. The topological polar surface area (TPSA) is 20.2 Å². The van der Waals surface area contributed by atoms with Gasteiger partial charge >= 0.3 is 0 Å². The Morgan fingerprint density at radius 3 is 2.60 bits per heavy atom. The summed E-state index contributed by atoms with van der Waals surface area (Å²) >= 11 is 0. The first-order valence-electron chi connectivity index (χ1n) is 4.12. The van der Waals surface area contributed by atoms with Gasteiger partial charge in [-0.15, -0.1) is 0 Å². The van der Waals surface area contributed by atoms with Gasteiger partial charge in [0.05, 0.1) is 6.10 Å². The van der Waals surface area contributed by atoms with Crippen LogP contribution in [-0.4, -0.2) is 11.2 Å². The molecule has 0 bridgehead atoms. The fraction of sp³-hybridized carbons (Fsp3) is 0.778. The van der Waals surface area contributed by atoms with Crippen molar-refractivity contribution >= 4 is 0 Å². The third kappa shape index (κ3) is 7.70. The smallest absolute Gasteiger partial charge is 0.0692 e. The molecule has 0 amide bonds. The molecule has 1 atom stereocenters. The molecule has 0 saturated carbocycles. The Morgan fingerprint density at radius 1 is 1.40 bits per heavy atom. The molecule has 1 heteroatoms. The Kier molecular flexibility index (Phi) is 6.61. The molecular weight excluding hydrogens is 124 g/mol. The molecule has 0 aromatic carbocycles. The quantitative estimate of drug-likeness (QED) is 0.462. The maximum absolute atomic E-state index is 8.82. The molecule has 0 radical (unpaired) electrons. The number of allylic oxidation sites excluding steroid dienone is 1. The van der Waals surface area contributed by atoms with Gasteiger partial charge < -0.3 is 5.11 Å². The standard InChI is InChI=1S/C9H18O/c1-3-4-5-6-7-8-9(2)10/h7-10H,3-6H2,1-2H3/t9-/m1/s1. The third-order valence-electron chi connectivity index (χ3n) is 1.39. The molecular formula is C9H18O. The molecule has 1 N–H and O–H groups in total. The van der Waals surface area contributed by atoms with Gasteiger partial charge in [-0.25, -0.2) is 0 Å². The number of aliphatic hydroxyl groups excluding tert-OH is 1. The second-order valence-corrected chi connectivity index (χ2v) is 2.66. The molecule has 0 spiro atoms. The zero-order valence-corrected chi connectivity index (χ0v) is 7.01. The summed E-state index contributed by atoms with van der Waals surface area (Å²) in [6, 6.07) is 0. The first kappa shape index (κ1) is 9.70. The monoisotopic (exact) mass is 142 g/mol. The summed E-state index contributed by atoms with van der Waals surface area (Å²) in [6.07, 6.45) is 8.54. The van der Waals surface area contributed by atoms with E-state index in [4.69, 9.17) is 5.11 Å². The van der Waals surface area contributed by atoms with Crippen LogP contribution in [-0.2, 0) is 0 Å². The molecule has 0 aliphatic rings. The minimum absolute atomic E-state index is 0.276. The van der Waals surface area contributed by atoms with Crippen molar-refractivity contribution in [3.8, 4) is 0 Å².